The zero-order chi connectivity index (χ0) is 14.8. The Hall–Kier alpha value is -2.13. The van der Waals surface area contributed by atoms with Gasteiger partial charge in [-0.2, -0.15) is 0 Å². The zero-order valence-electron chi connectivity index (χ0n) is 12.4. The molecule has 1 aliphatic rings. The number of rotatable bonds is 2. The topological polar surface area (TPSA) is 41.1 Å². The van der Waals surface area contributed by atoms with Gasteiger partial charge in [0.05, 0.1) is 5.92 Å². The van der Waals surface area contributed by atoms with E-state index in [1.807, 2.05) is 31.2 Å². The Morgan fingerprint density at radius 1 is 1.14 bits per heavy atom. The second-order valence-corrected chi connectivity index (χ2v) is 5.74. The molecule has 21 heavy (non-hydrogen) atoms. The Morgan fingerprint density at radius 3 is 2.76 bits per heavy atom. The lowest BCUT2D eigenvalue weighted by Crippen LogP contribution is -2.35. The summed E-state index contributed by atoms with van der Waals surface area (Å²) in [6, 6.07) is 14.2. The molecule has 0 spiro atoms. The van der Waals surface area contributed by atoms with E-state index >= 15 is 0 Å². The monoisotopic (exact) mass is 280 g/mol. The standard InChI is InChI=1S/C18H20N2O/c1-12-4-3-5-15(9-12)20-18(21)17-11-19-10-14-8-13(2)6-7-16(14)17/h3-9,17,19H,10-11H2,1-2H3,(H,20,21). The molecule has 1 amide bonds. The molecule has 1 unspecified atom stereocenters. The lowest BCUT2D eigenvalue weighted by Gasteiger charge is -2.26. The molecule has 1 atom stereocenters. The Morgan fingerprint density at radius 2 is 1.95 bits per heavy atom. The van der Waals surface area contributed by atoms with E-state index in [4.69, 9.17) is 0 Å². The molecular formula is C18H20N2O. The van der Waals surface area contributed by atoms with E-state index in [0.29, 0.717) is 6.54 Å². The molecule has 0 radical (unpaired) electrons. The van der Waals surface area contributed by atoms with Gasteiger partial charge in [0, 0.05) is 18.8 Å². The van der Waals surface area contributed by atoms with Crippen LogP contribution in [-0.2, 0) is 11.3 Å². The first-order valence-corrected chi connectivity index (χ1v) is 7.31. The summed E-state index contributed by atoms with van der Waals surface area (Å²) in [5.74, 6) is -0.0761. The van der Waals surface area contributed by atoms with Crippen molar-refractivity contribution in [3.05, 3.63) is 64.7 Å². The first-order valence-electron chi connectivity index (χ1n) is 7.31. The molecule has 1 heterocycles. The van der Waals surface area contributed by atoms with Gasteiger partial charge in [0.25, 0.3) is 0 Å². The minimum absolute atomic E-state index is 0.0536. The van der Waals surface area contributed by atoms with Gasteiger partial charge >= 0.3 is 0 Å². The average Bonchev–Trinajstić information content (AvgIpc) is 2.46. The van der Waals surface area contributed by atoms with Crippen molar-refractivity contribution in [1.82, 2.24) is 5.32 Å². The van der Waals surface area contributed by atoms with Gasteiger partial charge < -0.3 is 10.6 Å². The van der Waals surface area contributed by atoms with Crippen molar-refractivity contribution in [1.29, 1.82) is 0 Å². The summed E-state index contributed by atoms with van der Waals surface area (Å²) in [7, 11) is 0. The Bertz CT molecular complexity index is 679. The number of benzene rings is 2. The highest BCUT2D eigenvalue weighted by molar-refractivity contribution is 5.96. The fraction of sp³-hybridized carbons (Fsp3) is 0.278. The summed E-state index contributed by atoms with van der Waals surface area (Å²) in [6.45, 7) is 5.63. The minimum Gasteiger partial charge on any atom is -0.326 e. The van der Waals surface area contributed by atoms with Crippen LogP contribution in [0.3, 0.4) is 0 Å². The molecule has 3 heteroatoms. The molecule has 3 rings (SSSR count). The molecule has 0 aromatic heterocycles. The Kier molecular flexibility index (Phi) is 3.76. The fourth-order valence-electron chi connectivity index (χ4n) is 2.87. The van der Waals surface area contributed by atoms with E-state index < -0.39 is 0 Å². The van der Waals surface area contributed by atoms with Gasteiger partial charge in [-0.05, 0) is 42.7 Å². The van der Waals surface area contributed by atoms with Gasteiger partial charge in [-0.3, -0.25) is 4.79 Å². The lowest BCUT2D eigenvalue weighted by molar-refractivity contribution is -0.117. The first kappa shape index (κ1) is 13.8. The summed E-state index contributed by atoms with van der Waals surface area (Å²) in [6.07, 6.45) is 0. The molecule has 0 bridgehead atoms. The van der Waals surface area contributed by atoms with E-state index in [1.165, 1.54) is 11.1 Å². The maximum atomic E-state index is 12.6. The van der Waals surface area contributed by atoms with Gasteiger partial charge in [-0.25, -0.2) is 0 Å². The maximum Gasteiger partial charge on any atom is 0.233 e. The highest BCUT2D eigenvalue weighted by Crippen LogP contribution is 2.26. The quantitative estimate of drug-likeness (QED) is 0.887. The van der Waals surface area contributed by atoms with Crippen LogP contribution < -0.4 is 10.6 Å². The molecule has 0 saturated carbocycles. The van der Waals surface area contributed by atoms with Gasteiger partial charge in [-0.15, -0.1) is 0 Å². The van der Waals surface area contributed by atoms with E-state index in [2.05, 4.69) is 35.8 Å². The SMILES string of the molecule is Cc1cccc(NC(=O)C2CNCc3cc(C)ccc32)c1. The van der Waals surface area contributed by atoms with Crippen LogP contribution in [0.1, 0.15) is 28.2 Å². The summed E-state index contributed by atoms with van der Waals surface area (Å²) < 4.78 is 0. The number of anilines is 1. The van der Waals surface area contributed by atoms with Crippen molar-refractivity contribution in [2.45, 2.75) is 26.3 Å². The van der Waals surface area contributed by atoms with Crippen molar-refractivity contribution in [3.63, 3.8) is 0 Å². The third-order valence-corrected chi connectivity index (χ3v) is 3.94. The van der Waals surface area contributed by atoms with Gasteiger partial charge in [0.15, 0.2) is 0 Å². The molecule has 108 valence electrons. The van der Waals surface area contributed by atoms with Crippen LogP contribution in [0.4, 0.5) is 5.69 Å². The number of amides is 1. The van der Waals surface area contributed by atoms with E-state index in [1.54, 1.807) is 0 Å². The number of hydrogen-bond acceptors (Lipinski definition) is 2. The molecule has 0 aliphatic carbocycles. The van der Waals surface area contributed by atoms with Crippen LogP contribution in [-0.4, -0.2) is 12.5 Å². The molecule has 0 fully saturated rings. The third kappa shape index (κ3) is 2.98. The predicted octanol–water partition coefficient (Wildman–Crippen LogP) is 3.13. The molecule has 1 aliphatic heterocycles. The summed E-state index contributed by atoms with van der Waals surface area (Å²) in [5, 5.41) is 6.36. The van der Waals surface area contributed by atoms with Crippen molar-refractivity contribution in [2.24, 2.45) is 0 Å². The van der Waals surface area contributed by atoms with E-state index in [-0.39, 0.29) is 11.8 Å². The highest BCUT2D eigenvalue weighted by Gasteiger charge is 2.26. The molecule has 0 saturated heterocycles. The van der Waals surface area contributed by atoms with E-state index in [0.717, 1.165) is 23.4 Å². The van der Waals surface area contributed by atoms with Crippen molar-refractivity contribution < 1.29 is 4.79 Å². The molecular weight excluding hydrogens is 260 g/mol. The van der Waals surface area contributed by atoms with Gasteiger partial charge in [0.1, 0.15) is 0 Å². The van der Waals surface area contributed by atoms with Crippen LogP contribution >= 0.6 is 0 Å². The summed E-state index contributed by atoms with van der Waals surface area (Å²) in [5.41, 5.74) is 5.61. The van der Waals surface area contributed by atoms with Crippen molar-refractivity contribution >= 4 is 11.6 Å². The normalized spacial score (nSPS) is 17.1. The number of carbonyl (C=O) groups is 1. The van der Waals surface area contributed by atoms with Crippen LogP contribution in [0.25, 0.3) is 0 Å². The van der Waals surface area contributed by atoms with E-state index in [9.17, 15) is 4.79 Å². The molecule has 2 N–H and O–H groups in total. The van der Waals surface area contributed by atoms with Crippen LogP contribution in [0.15, 0.2) is 42.5 Å². The number of hydrogen-bond donors (Lipinski definition) is 2. The van der Waals surface area contributed by atoms with Crippen LogP contribution in [0.2, 0.25) is 0 Å². The first-order chi connectivity index (χ1) is 10.1. The number of nitrogens with one attached hydrogen (secondary N) is 2. The predicted molar refractivity (Wildman–Crippen MR) is 85.4 cm³/mol. The maximum absolute atomic E-state index is 12.6. The second kappa shape index (κ2) is 5.70. The lowest BCUT2D eigenvalue weighted by atomic mass is 9.89. The largest absolute Gasteiger partial charge is 0.326 e. The Labute approximate surface area is 125 Å². The third-order valence-electron chi connectivity index (χ3n) is 3.94. The Balaban J connectivity index is 1.83. The second-order valence-electron chi connectivity index (χ2n) is 5.74. The molecule has 3 nitrogen and oxygen atoms in total. The van der Waals surface area contributed by atoms with Crippen LogP contribution in [0.5, 0.6) is 0 Å². The molecule has 2 aromatic carbocycles. The molecule has 2 aromatic rings. The van der Waals surface area contributed by atoms with Crippen molar-refractivity contribution in [3.8, 4) is 0 Å². The highest BCUT2D eigenvalue weighted by atomic mass is 16.1. The minimum atomic E-state index is -0.130. The zero-order valence-corrected chi connectivity index (χ0v) is 12.4. The fourth-order valence-corrected chi connectivity index (χ4v) is 2.87. The summed E-state index contributed by atoms with van der Waals surface area (Å²) in [4.78, 5) is 12.6. The number of aryl methyl sites for hydroxylation is 2. The van der Waals surface area contributed by atoms with Crippen molar-refractivity contribution in [2.75, 3.05) is 11.9 Å². The summed E-state index contributed by atoms with van der Waals surface area (Å²) >= 11 is 0. The van der Waals surface area contributed by atoms with Gasteiger partial charge in [-0.1, -0.05) is 35.9 Å². The smallest absolute Gasteiger partial charge is 0.233 e. The number of carbonyl (C=O) groups excluding carboxylic acids is 1. The number of fused-ring (bicyclic) bond motifs is 1. The van der Waals surface area contributed by atoms with Gasteiger partial charge in [0.2, 0.25) is 5.91 Å². The van der Waals surface area contributed by atoms with Crippen LogP contribution in [0, 0.1) is 13.8 Å². The average molecular weight is 280 g/mol.